The Bertz CT molecular complexity index is 164. The van der Waals surface area contributed by atoms with E-state index in [1.54, 1.807) is 6.92 Å². The average molecular weight is 282 g/mol. The first-order valence-electron chi connectivity index (χ1n) is 6.38. The van der Waals surface area contributed by atoms with E-state index in [9.17, 15) is 10.2 Å². The van der Waals surface area contributed by atoms with Gasteiger partial charge in [0.1, 0.15) is 17.6 Å². The van der Waals surface area contributed by atoms with Crippen LogP contribution >= 0.6 is 12.6 Å². The minimum Gasteiger partial charge on any atom is -0.394 e. The fraction of sp³-hybridized carbons (Fsp3) is 0.846. The van der Waals surface area contributed by atoms with Crippen LogP contribution in [0.3, 0.4) is 0 Å². The van der Waals surface area contributed by atoms with E-state index < -0.39 is 23.7 Å². The third-order valence-corrected chi connectivity index (χ3v) is 2.81. The predicted octanol–water partition coefficient (Wildman–Crippen LogP) is 1.85. The summed E-state index contributed by atoms with van der Waals surface area (Å²) in [5, 5.41) is 27.5. The summed E-state index contributed by atoms with van der Waals surface area (Å²) >= 11 is 4.06. The van der Waals surface area contributed by atoms with E-state index in [0.717, 1.165) is 0 Å². The van der Waals surface area contributed by atoms with Gasteiger partial charge in [-0.25, -0.2) is 0 Å². The lowest BCUT2D eigenvalue weighted by Crippen LogP contribution is -2.53. The van der Waals surface area contributed by atoms with Crippen LogP contribution in [0.5, 0.6) is 0 Å². The lowest BCUT2D eigenvalue weighted by Gasteiger charge is -2.38. The Morgan fingerprint density at radius 3 is 1.78 bits per heavy atom. The Hall–Kier alpha value is -0.0700. The first-order chi connectivity index (χ1) is 8.57. The van der Waals surface area contributed by atoms with Gasteiger partial charge in [-0.15, -0.1) is 25.8 Å². The van der Waals surface area contributed by atoms with Crippen LogP contribution in [-0.4, -0.2) is 45.7 Å². The van der Waals surface area contributed by atoms with E-state index in [1.165, 1.54) is 0 Å². The molecular weight excluding hydrogens is 252 g/mol. The fourth-order valence-electron chi connectivity index (χ4n) is 1.23. The second-order valence-electron chi connectivity index (χ2n) is 3.09. The highest BCUT2D eigenvalue weighted by atomic mass is 32.1. The van der Waals surface area contributed by atoms with Crippen molar-refractivity contribution in [2.75, 3.05) is 6.61 Å². The minimum atomic E-state index is -1.02. The van der Waals surface area contributed by atoms with Crippen LogP contribution in [0.25, 0.3) is 0 Å². The number of aliphatic hydroxyl groups is 3. The number of hydrogen-bond donors (Lipinski definition) is 4. The molecular formula is C13H30O4S. The Morgan fingerprint density at radius 2 is 1.44 bits per heavy atom. The topological polar surface area (TPSA) is 69.9 Å². The molecule has 1 saturated heterocycles. The van der Waals surface area contributed by atoms with Crippen LogP contribution in [0, 0.1) is 5.92 Å². The molecule has 0 aromatic heterocycles. The fourth-order valence-corrected chi connectivity index (χ4v) is 1.57. The molecule has 5 heteroatoms. The summed E-state index contributed by atoms with van der Waals surface area (Å²) in [5.74, 6) is -0.230. The molecule has 1 aliphatic heterocycles. The van der Waals surface area contributed by atoms with Crippen molar-refractivity contribution in [3.8, 4) is 0 Å². The standard InChI is InChI=1S/C7H14O4S.2C2H6.C2H4/c1-3-5(9)6(10)4(2-8)11-7(3)12;3*1-2/h3-10,12H,2H2,1H3;2*1-2H3;1-2H2/t3?,4?,5-,6-,7+;;;/m1.../s1. The molecule has 0 aliphatic carbocycles. The van der Waals surface area contributed by atoms with Crippen molar-refractivity contribution < 1.29 is 20.1 Å². The SMILES string of the molecule is C=C.CC.CC.CC1[C@H](S)OC(CO)[C@@H](O)[C@@H]1O. The molecule has 0 spiro atoms. The molecule has 1 rings (SSSR count). The summed E-state index contributed by atoms with van der Waals surface area (Å²) in [7, 11) is 0. The molecule has 0 radical (unpaired) electrons. The van der Waals surface area contributed by atoms with Crippen LogP contribution in [0.4, 0.5) is 0 Å². The van der Waals surface area contributed by atoms with Crippen molar-refractivity contribution in [1.82, 2.24) is 0 Å². The van der Waals surface area contributed by atoms with Crippen molar-refractivity contribution in [3.05, 3.63) is 13.2 Å². The van der Waals surface area contributed by atoms with E-state index in [0.29, 0.717) is 0 Å². The van der Waals surface area contributed by atoms with Gasteiger partial charge in [-0.2, -0.15) is 0 Å². The van der Waals surface area contributed by atoms with Crippen molar-refractivity contribution in [2.45, 2.75) is 58.4 Å². The number of aliphatic hydroxyl groups excluding tert-OH is 3. The molecule has 0 amide bonds. The lowest BCUT2D eigenvalue weighted by atomic mass is 9.94. The molecule has 3 N–H and O–H groups in total. The molecule has 1 heterocycles. The molecule has 1 fully saturated rings. The van der Waals surface area contributed by atoms with Gasteiger partial charge in [0.05, 0.1) is 12.7 Å². The van der Waals surface area contributed by atoms with Crippen LogP contribution in [-0.2, 0) is 4.74 Å². The average Bonchev–Trinajstić information content (AvgIpc) is 2.47. The van der Waals surface area contributed by atoms with Crippen molar-refractivity contribution >= 4 is 12.6 Å². The monoisotopic (exact) mass is 282 g/mol. The minimum absolute atomic E-state index is 0.230. The van der Waals surface area contributed by atoms with E-state index >= 15 is 0 Å². The highest BCUT2D eigenvalue weighted by Crippen LogP contribution is 2.27. The van der Waals surface area contributed by atoms with Gasteiger partial charge in [0.25, 0.3) is 0 Å². The van der Waals surface area contributed by atoms with Gasteiger partial charge in [-0.05, 0) is 0 Å². The number of thiol groups is 1. The number of rotatable bonds is 1. The molecule has 0 aromatic rings. The van der Waals surface area contributed by atoms with Crippen molar-refractivity contribution in [3.63, 3.8) is 0 Å². The van der Waals surface area contributed by atoms with Gasteiger partial charge in [0.15, 0.2) is 0 Å². The third-order valence-electron chi connectivity index (χ3n) is 2.21. The summed E-state index contributed by atoms with van der Waals surface area (Å²) in [4.78, 5) is 0. The van der Waals surface area contributed by atoms with Gasteiger partial charge in [0.2, 0.25) is 0 Å². The van der Waals surface area contributed by atoms with E-state index in [1.807, 2.05) is 27.7 Å². The Morgan fingerprint density at radius 1 is 1.06 bits per heavy atom. The van der Waals surface area contributed by atoms with Gasteiger partial charge in [0, 0.05) is 5.92 Å². The zero-order chi connectivity index (χ0) is 15.3. The lowest BCUT2D eigenvalue weighted by molar-refractivity contribution is -0.180. The smallest absolute Gasteiger partial charge is 0.110 e. The number of hydrogen-bond acceptors (Lipinski definition) is 5. The third kappa shape index (κ3) is 7.38. The zero-order valence-electron chi connectivity index (χ0n) is 12.2. The predicted molar refractivity (Wildman–Crippen MR) is 79.9 cm³/mol. The highest BCUT2D eigenvalue weighted by molar-refractivity contribution is 7.80. The molecule has 18 heavy (non-hydrogen) atoms. The van der Waals surface area contributed by atoms with Gasteiger partial charge in [-0.1, -0.05) is 34.6 Å². The Labute approximate surface area is 117 Å². The molecule has 0 bridgehead atoms. The number of ether oxygens (including phenoxy) is 1. The quantitative estimate of drug-likeness (QED) is 0.437. The van der Waals surface area contributed by atoms with Crippen LogP contribution in [0.15, 0.2) is 13.2 Å². The molecule has 112 valence electrons. The normalized spacial score (nSPS) is 33.7. The van der Waals surface area contributed by atoms with Crippen LogP contribution in [0.1, 0.15) is 34.6 Å². The second-order valence-corrected chi connectivity index (χ2v) is 3.60. The van der Waals surface area contributed by atoms with Crippen molar-refractivity contribution in [1.29, 1.82) is 0 Å². The highest BCUT2D eigenvalue weighted by Gasteiger charge is 2.40. The molecule has 1 aliphatic rings. The van der Waals surface area contributed by atoms with Gasteiger partial charge in [-0.3, -0.25) is 0 Å². The van der Waals surface area contributed by atoms with E-state index in [-0.39, 0.29) is 12.5 Å². The first-order valence-corrected chi connectivity index (χ1v) is 6.90. The largest absolute Gasteiger partial charge is 0.394 e. The summed E-state index contributed by atoms with van der Waals surface area (Å²) in [6.07, 6.45) is -2.62. The maximum Gasteiger partial charge on any atom is 0.110 e. The van der Waals surface area contributed by atoms with E-state index in [2.05, 4.69) is 25.8 Å². The summed E-state index contributed by atoms with van der Waals surface area (Å²) in [6.45, 7) is 15.4. The van der Waals surface area contributed by atoms with Gasteiger partial charge >= 0.3 is 0 Å². The Balaban J connectivity index is -0.000000328. The molecule has 0 aromatic carbocycles. The van der Waals surface area contributed by atoms with Crippen molar-refractivity contribution in [2.24, 2.45) is 5.92 Å². The van der Waals surface area contributed by atoms with Gasteiger partial charge < -0.3 is 20.1 Å². The Kier molecular flexibility index (Phi) is 19.2. The molecule has 0 saturated carbocycles. The summed E-state index contributed by atoms with van der Waals surface area (Å²) in [5.41, 5.74) is -0.430. The molecule has 4 nitrogen and oxygen atoms in total. The maximum atomic E-state index is 9.43. The summed E-state index contributed by atoms with van der Waals surface area (Å²) in [6, 6.07) is 0. The summed E-state index contributed by atoms with van der Waals surface area (Å²) < 4.78 is 5.13. The molecule has 2 unspecified atom stereocenters. The zero-order valence-corrected chi connectivity index (χ0v) is 13.1. The van der Waals surface area contributed by atoms with Crippen LogP contribution < -0.4 is 0 Å². The second kappa shape index (κ2) is 15.0. The van der Waals surface area contributed by atoms with Crippen LogP contribution in [0.2, 0.25) is 0 Å². The first kappa shape index (κ1) is 23.1. The van der Waals surface area contributed by atoms with E-state index in [4.69, 9.17) is 9.84 Å². The maximum absolute atomic E-state index is 9.43. The molecule has 5 atom stereocenters.